The fourth-order valence-electron chi connectivity index (χ4n) is 1.15. The molecule has 1 atom stereocenters. The summed E-state index contributed by atoms with van der Waals surface area (Å²) in [4.78, 5) is -0.0870. The van der Waals surface area contributed by atoms with Gasteiger partial charge in [-0.15, -0.1) is 11.6 Å². The Bertz CT molecular complexity index is 446. The predicted molar refractivity (Wildman–Crippen MR) is 61.5 cm³/mol. The molecule has 0 aromatic heterocycles. The van der Waals surface area contributed by atoms with Crippen molar-refractivity contribution >= 4 is 21.6 Å². The molecule has 1 N–H and O–H groups in total. The molecule has 1 aromatic rings. The second-order valence-corrected chi connectivity index (χ2v) is 5.36. The molecule has 0 heterocycles. The summed E-state index contributed by atoms with van der Waals surface area (Å²) in [7, 11) is -3.68. The van der Waals surface area contributed by atoms with Crippen molar-refractivity contribution in [3.05, 3.63) is 30.1 Å². The Kier molecular flexibility index (Phi) is 4.70. The first-order valence-electron chi connectivity index (χ1n) is 4.83. The van der Waals surface area contributed by atoms with Gasteiger partial charge in [0.1, 0.15) is 5.82 Å². The number of nitrogens with one attached hydrogen (secondary N) is 1. The summed E-state index contributed by atoms with van der Waals surface area (Å²) in [6.07, 6.45) is 0.581. The largest absolute Gasteiger partial charge is 0.240 e. The van der Waals surface area contributed by atoms with Crippen molar-refractivity contribution in [1.29, 1.82) is 0 Å². The number of benzene rings is 1. The highest BCUT2D eigenvalue weighted by Gasteiger charge is 2.18. The van der Waals surface area contributed by atoms with Crippen LogP contribution in [0, 0.1) is 5.82 Å². The molecule has 16 heavy (non-hydrogen) atoms. The van der Waals surface area contributed by atoms with E-state index in [-0.39, 0.29) is 16.8 Å². The molecule has 0 amide bonds. The monoisotopic (exact) mass is 265 g/mol. The van der Waals surface area contributed by atoms with E-state index in [4.69, 9.17) is 11.6 Å². The van der Waals surface area contributed by atoms with E-state index < -0.39 is 15.8 Å². The third-order valence-electron chi connectivity index (χ3n) is 2.11. The molecule has 0 aliphatic rings. The average molecular weight is 266 g/mol. The Labute approximate surface area is 99.7 Å². The highest BCUT2D eigenvalue weighted by Crippen LogP contribution is 2.11. The van der Waals surface area contributed by atoms with Gasteiger partial charge in [-0.25, -0.2) is 17.5 Å². The van der Waals surface area contributed by atoms with Crippen molar-refractivity contribution in [3.63, 3.8) is 0 Å². The first kappa shape index (κ1) is 13.4. The van der Waals surface area contributed by atoms with Crippen molar-refractivity contribution in [2.45, 2.75) is 24.3 Å². The topological polar surface area (TPSA) is 46.2 Å². The standard InChI is InChI=1S/C10H13ClFNO2S/c1-2-9(7-11)13-16(14,15)10-5-3-4-8(12)6-10/h3-6,9,13H,2,7H2,1H3. The van der Waals surface area contributed by atoms with Gasteiger partial charge in [0.2, 0.25) is 10.0 Å². The van der Waals surface area contributed by atoms with Crippen LogP contribution in [0.25, 0.3) is 0 Å². The van der Waals surface area contributed by atoms with Gasteiger partial charge in [0, 0.05) is 11.9 Å². The Balaban J connectivity index is 2.94. The summed E-state index contributed by atoms with van der Waals surface area (Å²) < 4.78 is 38.8. The van der Waals surface area contributed by atoms with Crippen LogP contribution in [0.4, 0.5) is 4.39 Å². The van der Waals surface area contributed by atoms with E-state index in [9.17, 15) is 12.8 Å². The molecule has 1 aromatic carbocycles. The minimum Gasteiger partial charge on any atom is -0.207 e. The summed E-state index contributed by atoms with van der Waals surface area (Å²) in [6.45, 7) is 1.82. The van der Waals surface area contributed by atoms with Gasteiger partial charge in [-0.3, -0.25) is 0 Å². The molecule has 0 radical (unpaired) electrons. The van der Waals surface area contributed by atoms with E-state index in [2.05, 4.69) is 4.72 Å². The van der Waals surface area contributed by atoms with Crippen LogP contribution in [0.1, 0.15) is 13.3 Å². The van der Waals surface area contributed by atoms with Crippen LogP contribution in [0.3, 0.4) is 0 Å². The van der Waals surface area contributed by atoms with Crippen molar-refractivity contribution in [1.82, 2.24) is 4.72 Å². The minimum atomic E-state index is -3.68. The van der Waals surface area contributed by atoms with Crippen LogP contribution in [0.5, 0.6) is 0 Å². The smallest absolute Gasteiger partial charge is 0.207 e. The first-order chi connectivity index (χ1) is 7.49. The van der Waals surface area contributed by atoms with Crippen LogP contribution in [-0.2, 0) is 10.0 Å². The second kappa shape index (κ2) is 5.61. The van der Waals surface area contributed by atoms with Crippen LogP contribution < -0.4 is 4.72 Å². The van der Waals surface area contributed by atoms with Crippen LogP contribution >= 0.6 is 11.6 Å². The molecule has 0 spiro atoms. The van der Waals surface area contributed by atoms with Gasteiger partial charge < -0.3 is 0 Å². The molecule has 90 valence electrons. The van der Waals surface area contributed by atoms with Crippen molar-refractivity contribution in [3.8, 4) is 0 Å². The molecule has 3 nitrogen and oxygen atoms in total. The van der Waals surface area contributed by atoms with Crippen molar-refractivity contribution < 1.29 is 12.8 Å². The van der Waals surface area contributed by atoms with E-state index in [0.29, 0.717) is 6.42 Å². The first-order valence-corrected chi connectivity index (χ1v) is 6.85. The summed E-state index contributed by atoms with van der Waals surface area (Å²) in [5, 5.41) is 0. The van der Waals surface area contributed by atoms with Gasteiger partial charge in [0.25, 0.3) is 0 Å². The normalized spacial score (nSPS) is 13.7. The Morgan fingerprint density at radius 3 is 2.69 bits per heavy atom. The predicted octanol–water partition coefficient (Wildman–Crippen LogP) is 2.12. The molecule has 1 unspecified atom stereocenters. The molecule has 6 heteroatoms. The number of alkyl halides is 1. The molecular formula is C10H13ClFNO2S. The Morgan fingerprint density at radius 2 is 2.19 bits per heavy atom. The molecular weight excluding hydrogens is 253 g/mol. The van der Waals surface area contributed by atoms with E-state index >= 15 is 0 Å². The summed E-state index contributed by atoms with van der Waals surface area (Å²) in [5.41, 5.74) is 0. The molecule has 0 aliphatic carbocycles. The Morgan fingerprint density at radius 1 is 1.50 bits per heavy atom. The van der Waals surface area contributed by atoms with Crippen molar-refractivity contribution in [2.75, 3.05) is 5.88 Å². The van der Waals surface area contributed by atoms with Crippen LogP contribution in [-0.4, -0.2) is 20.3 Å². The molecule has 0 aliphatic heterocycles. The van der Waals surface area contributed by atoms with Gasteiger partial charge in [-0.1, -0.05) is 13.0 Å². The summed E-state index contributed by atoms with van der Waals surface area (Å²) in [6, 6.07) is 4.52. The second-order valence-electron chi connectivity index (χ2n) is 3.34. The van der Waals surface area contributed by atoms with Gasteiger partial charge in [-0.05, 0) is 24.6 Å². The van der Waals surface area contributed by atoms with E-state index in [1.165, 1.54) is 18.2 Å². The fraction of sp³-hybridized carbons (Fsp3) is 0.400. The average Bonchev–Trinajstić information content (AvgIpc) is 2.26. The molecule has 0 fully saturated rings. The van der Waals surface area contributed by atoms with Gasteiger partial charge >= 0.3 is 0 Å². The molecule has 0 saturated carbocycles. The third-order valence-corrected chi connectivity index (χ3v) is 4.00. The maximum atomic E-state index is 12.9. The number of rotatable bonds is 5. The van der Waals surface area contributed by atoms with Crippen LogP contribution in [0.2, 0.25) is 0 Å². The Hall–Kier alpha value is -0.650. The number of halogens is 2. The number of sulfonamides is 1. The zero-order valence-electron chi connectivity index (χ0n) is 8.78. The minimum absolute atomic E-state index is 0.0870. The van der Waals surface area contributed by atoms with E-state index in [1.54, 1.807) is 0 Å². The highest BCUT2D eigenvalue weighted by molar-refractivity contribution is 7.89. The van der Waals surface area contributed by atoms with Gasteiger partial charge in [0.05, 0.1) is 4.90 Å². The van der Waals surface area contributed by atoms with Gasteiger partial charge in [0.15, 0.2) is 0 Å². The molecule has 1 rings (SSSR count). The molecule has 0 bridgehead atoms. The van der Waals surface area contributed by atoms with E-state index in [1.807, 2.05) is 6.92 Å². The quantitative estimate of drug-likeness (QED) is 0.829. The lowest BCUT2D eigenvalue weighted by Crippen LogP contribution is -2.35. The summed E-state index contributed by atoms with van der Waals surface area (Å²) >= 11 is 5.59. The summed E-state index contributed by atoms with van der Waals surface area (Å²) in [5.74, 6) is -0.396. The fourth-order valence-corrected chi connectivity index (χ4v) is 2.88. The zero-order chi connectivity index (χ0) is 12.2. The van der Waals surface area contributed by atoms with Crippen molar-refractivity contribution in [2.24, 2.45) is 0 Å². The lowest BCUT2D eigenvalue weighted by molar-refractivity contribution is 0.555. The third kappa shape index (κ3) is 3.43. The zero-order valence-corrected chi connectivity index (χ0v) is 10.4. The van der Waals surface area contributed by atoms with Gasteiger partial charge in [-0.2, -0.15) is 0 Å². The highest BCUT2D eigenvalue weighted by atomic mass is 35.5. The number of hydrogen-bond donors (Lipinski definition) is 1. The molecule has 0 saturated heterocycles. The van der Waals surface area contributed by atoms with Crippen LogP contribution in [0.15, 0.2) is 29.2 Å². The lowest BCUT2D eigenvalue weighted by Gasteiger charge is -2.13. The maximum Gasteiger partial charge on any atom is 0.240 e. The number of hydrogen-bond acceptors (Lipinski definition) is 2. The maximum absolute atomic E-state index is 12.9. The lowest BCUT2D eigenvalue weighted by atomic mass is 10.3. The van der Waals surface area contributed by atoms with E-state index in [0.717, 1.165) is 6.07 Å². The SMILES string of the molecule is CCC(CCl)NS(=O)(=O)c1cccc(F)c1.